The number of nitriles is 1. The molecule has 3 rings (SSSR count). The zero-order chi connectivity index (χ0) is 18.5. The van der Waals surface area contributed by atoms with Gasteiger partial charge in [-0.25, -0.2) is 0 Å². The second-order valence-electron chi connectivity index (χ2n) is 5.33. The van der Waals surface area contributed by atoms with E-state index in [9.17, 15) is 20.2 Å². The van der Waals surface area contributed by atoms with Crippen LogP contribution in [0.15, 0.2) is 48.0 Å². The molecular weight excluding hydrogens is 338 g/mol. The van der Waals surface area contributed by atoms with E-state index in [4.69, 9.17) is 9.47 Å². The molecule has 2 aromatic rings. The number of nitrogens with zero attached hydrogens (tertiary/aromatic N) is 2. The predicted molar refractivity (Wildman–Crippen MR) is 92.7 cm³/mol. The zero-order valence-corrected chi connectivity index (χ0v) is 13.5. The minimum absolute atomic E-state index is 0.122. The van der Waals surface area contributed by atoms with Crippen molar-refractivity contribution >= 4 is 23.4 Å². The monoisotopic (exact) mass is 351 g/mol. The average Bonchev–Trinajstić information content (AvgIpc) is 2.66. The first-order valence-electron chi connectivity index (χ1n) is 7.64. The number of nitro groups is 1. The van der Waals surface area contributed by atoms with Gasteiger partial charge in [-0.3, -0.25) is 14.9 Å². The van der Waals surface area contributed by atoms with Gasteiger partial charge in [0.1, 0.15) is 24.9 Å². The van der Waals surface area contributed by atoms with Crippen LogP contribution in [-0.2, 0) is 4.79 Å². The number of carbonyl (C=O) groups excluding carboxylic acids is 1. The van der Waals surface area contributed by atoms with Gasteiger partial charge in [0.05, 0.1) is 4.92 Å². The van der Waals surface area contributed by atoms with Crippen LogP contribution in [0, 0.1) is 21.4 Å². The SMILES string of the molecule is N#C/C(=C\c1cccc([N+](=O)[O-])c1)C(=O)Nc1ccc2c(c1)OCCO2. The Morgan fingerprint density at radius 3 is 2.69 bits per heavy atom. The molecule has 1 aliphatic rings. The zero-order valence-electron chi connectivity index (χ0n) is 13.5. The highest BCUT2D eigenvalue weighted by atomic mass is 16.6. The van der Waals surface area contributed by atoms with E-state index in [0.717, 1.165) is 0 Å². The molecule has 1 heterocycles. The van der Waals surface area contributed by atoms with Crippen LogP contribution in [0.2, 0.25) is 0 Å². The molecule has 0 spiro atoms. The molecule has 0 bridgehead atoms. The molecular formula is C18H13N3O5. The number of hydrogen-bond acceptors (Lipinski definition) is 6. The number of benzene rings is 2. The van der Waals surface area contributed by atoms with E-state index >= 15 is 0 Å². The average molecular weight is 351 g/mol. The summed E-state index contributed by atoms with van der Waals surface area (Å²) >= 11 is 0. The highest BCUT2D eigenvalue weighted by Crippen LogP contribution is 2.32. The lowest BCUT2D eigenvalue weighted by molar-refractivity contribution is -0.384. The van der Waals surface area contributed by atoms with Crippen molar-refractivity contribution in [3.05, 3.63) is 63.7 Å². The third-order valence-electron chi connectivity index (χ3n) is 3.56. The number of nitrogens with one attached hydrogen (secondary N) is 1. The molecule has 0 unspecified atom stereocenters. The number of nitro benzene ring substituents is 1. The molecule has 1 amide bonds. The summed E-state index contributed by atoms with van der Waals surface area (Å²) in [6.07, 6.45) is 1.29. The molecule has 1 N–H and O–H groups in total. The van der Waals surface area contributed by atoms with Crippen molar-refractivity contribution in [2.45, 2.75) is 0 Å². The molecule has 0 saturated heterocycles. The van der Waals surface area contributed by atoms with Gasteiger partial charge >= 0.3 is 0 Å². The number of carbonyl (C=O) groups is 1. The van der Waals surface area contributed by atoms with Crippen molar-refractivity contribution in [1.29, 1.82) is 5.26 Å². The molecule has 130 valence electrons. The topological polar surface area (TPSA) is 114 Å². The summed E-state index contributed by atoms with van der Waals surface area (Å²) in [6.45, 7) is 0.879. The summed E-state index contributed by atoms with van der Waals surface area (Å²) in [5, 5.41) is 22.7. The molecule has 8 heteroatoms. The van der Waals surface area contributed by atoms with Crippen LogP contribution in [0.3, 0.4) is 0 Å². The summed E-state index contributed by atoms with van der Waals surface area (Å²) in [5.41, 5.74) is 0.524. The normalized spacial score (nSPS) is 12.8. The van der Waals surface area contributed by atoms with Crippen molar-refractivity contribution in [3.8, 4) is 17.6 Å². The minimum Gasteiger partial charge on any atom is -0.486 e. The maximum atomic E-state index is 12.3. The van der Waals surface area contributed by atoms with Crippen LogP contribution in [0.25, 0.3) is 6.08 Å². The van der Waals surface area contributed by atoms with Crippen molar-refractivity contribution < 1.29 is 19.2 Å². The first-order chi connectivity index (χ1) is 12.6. The smallest absolute Gasteiger partial charge is 0.270 e. The fourth-order valence-electron chi connectivity index (χ4n) is 2.36. The summed E-state index contributed by atoms with van der Waals surface area (Å²) in [4.78, 5) is 22.6. The molecule has 0 fully saturated rings. The number of ether oxygens (including phenoxy) is 2. The maximum absolute atomic E-state index is 12.3. The number of hydrogen-bond donors (Lipinski definition) is 1. The van der Waals surface area contributed by atoms with Crippen LogP contribution in [0.5, 0.6) is 11.5 Å². The predicted octanol–water partition coefficient (Wildman–Crippen LogP) is 2.91. The largest absolute Gasteiger partial charge is 0.486 e. The number of anilines is 1. The van der Waals surface area contributed by atoms with E-state index in [2.05, 4.69) is 5.32 Å². The molecule has 0 aromatic heterocycles. The van der Waals surface area contributed by atoms with E-state index in [-0.39, 0.29) is 11.3 Å². The Morgan fingerprint density at radius 2 is 1.96 bits per heavy atom. The standard InChI is InChI=1S/C18H13N3O5/c19-11-13(8-12-2-1-3-15(9-12)21(23)24)18(22)20-14-4-5-16-17(10-14)26-7-6-25-16/h1-5,8-10H,6-7H2,(H,20,22)/b13-8+. The van der Waals surface area contributed by atoms with Gasteiger partial charge in [-0.1, -0.05) is 12.1 Å². The molecule has 2 aromatic carbocycles. The Balaban J connectivity index is 1.80. The van der Waals surface area contributed by atoms with E-state index < -0.39 is 10.8 Å². The number of rotatable bonds is 4. The Hall–Kier alpha value is -3.86. The van der Waals surface area contributed by atoms with E-state index in [1.807, 2.05) is 0 Å². The Kier molecular flexibility index (Phi) is 4.80. The second kappa shape index (κ2) is 7.36. The lowest BCUT2D eigenvalue weighted by Gasteiger charge is -2.18. The first kappa shape index (κ1) is 17.0. The van der Waals surface area contributed by atoms with Crippen molar-refractivity contribution in [1.82, 2.24) is 0 Å². The Bertz CT molecular complexity index is 946. The fraction of sp³-hybridized carbons (Fsp3) is 0.111. The van der Waals surface area contributed by atoms with E-state index in [1.165, 1.54) is 24.3 Å². The van der Waals surface area contributed by atoms with E-state index in [1.54, 1.807) is 30.3 Å². The van der Waals surface area contributed by atoms with Crippen molar-refractivity contribution in [3.63, 3.8) is 0 Å². The highest BCUT2D eigenvalue weighted by molar-refractivity contribution is 6.09. The molecule has 0 atom stereocenters. The molecule has 1 aliphatic heterocycles. The highest BCUT2D eigenvalue weighted by Gasteiger charge is 2.15. The van der Waals surface area contributed by atoms with Gasteiger partial charge in [0.15, 0.2) is 11.5 Å². The molecule has 0 radical (unpaired) electrons. The number of amides is 1. The van der Waals surface area contributed by atoms with Gasteiger partial charge in [0, 0.05) is 23.9 Å². The van der Waals surface area contributed by atoms with Gasteiger partial charge in [0.2, 0.25) is 0 Å². The van der Waals surface area contributed by atoms with Gasteiger partial charge in [-0.05, 0) is 23.8 Å². The third-order valence-corrected chi connectivity index (χ3v) is 3.56. The summed E-state index contributed by atoms with van der Waals surface area (Å²) in [5.74, 6) is 0.466. The molecule has 8 nitrogen and oxygen atoms in total. The van der Waals surface area contributed by atoms with Crippen LogP contribution in [0.4, 0.5) is 11.4 Å². The van der Waals surface area contributed by atoms with Gasteiger partial charge in [-0.2, -0.15) is 5.26 Å². The third kappa shape index (κ3) is 3.79. The summed E-state index contributed by atoms with van der Waals surface area (Å²) < 4.78 is 10.8. The van der Waals surface area contributed by atoms with Gasteiger partial charge in [-0.15, -0.1) is 0 Å². The molecule has 26 heavy (non-hydrogen) atoms. The Morgan fingerprint density at radius 1 is 1.19 bits per heavy atom. The van der Waals surface area contributed by atoms with Crippen LogP contribution >= 0.6 is 0 Å². The summed E-state index contributed by atoms with van der Waals surface area (Å²) in [7, 11) is 0. The second-order valence-corrected chi connectivity index (χ2v) is 5.33. The Labute approximate surface area is 148 Å². The number of fused-ring (bicyclic) bond motifs is 1. The van der Waals surface area contributed by atoms with Crippen LogP contribution in [0.1, 0.15) is 5.56 Å². The summed E-state index contributed by atoms with van der Waals surface area (Å²) in [6, 6.07) is 12.4. The lowest BCUT2D eigenvalue weighted by atomic mass is 10.1. The van der Waals surface area contributed by atoms with E-state index in [0.29, 0.717) is 36.0 Å². The van der Waals surface area contributed by atoms with Crippen LogP contribution < -0.4 is 14.8 Å². The number of non-ortho nitro benzene ring substituents is 1. The molecule has 0 saturated carbocycles. The van der Waals surface area contributed by atoms with Crippen LogP contribution in [-0.4, -0.2) is 24.0 Å². The quantitative estimate of drug-likeness (QED) is 0.392. The minimum atomic E-state index is -0.629. The van der Waals surface area contributed by atoms with Gasteiger partial charge < -0.3 is 14.8 Å². The lowest BCUT2D eigenvalue weighted by Crippen LogP contribution is -2.17. The van der Waals surface area contributed by atoms with Gasteiger partial charge in [0.25, 0.3) is 11.6 Å². The van der Waals surface area contributed by atoms with Crippen molar-refractivity contribution in [2.24, 2.45) is 0 Å². The maximum Gasteiger partial charge on any atom is 0.270 e. The van der Waals surface area contributed by atoms with Crippen molar-refractivity contribution in [2.75, 3.05) is 18.5 Å². The fourth-order valence-corrected chi connectivity index (χ4v) is 2.36. The molecule has 0 aliphatic carbocycles. The first-order valence-corrected chi connectivity index (χ1v) is 7.64.